The molecule has 2 atom stereocenters. The van der Waals surface area contributed by atoms with Crippen LogP contribution in [0.1, 0.15) is 25.3 Å². The van der Waals surface area contributed by atoms with Gasteiger partial charge in [-0.15, -0.1) is 0 Å². The summed E-state index contributed by atoms with van der Waals surface area (Å²) in [6, 6.07) is 5.41. The van der Waals surface area contributed by atoms with E-state index in [1.54, 1.807) is 6.07 Å². The Balaban J connectivity index is 1.59. The van der Waals surface area contributed by atoms with Crippen LogP contribution in [0.5, 0.6) is 5.75 Å². The number of nitrogens with zero attached hydrogens (tertiary/aromatic N) is 2. The lowest BCUT2D eigenvalue weighted by molar-refractivity contribution is 0.202. The number of rotatable bonds is 5. The van der Waals surface area contributed by atoms with Crippen LogP contribution in [0.3, 0.4) is 0 Å². The van der Waals surface area contributed by atoms with E-state index in [4.69, 9.17) is 10.5 Å². The number of carbonyl (C=O) groups is 1. The van der Waals surface area contributed by atoms with E-state index in [2.05, 4.69) is 14.4 Å². The topological polar surface area (TPSA) is 109 Å². The van der Waals surface area contributed by atoms with Crippen LogP contribution in [0.25, 0.3) is 0 Å². The van der Waals surface area contributed by atoms with Gasteiger partial charge in [0.1, 0.15) is 11.6 Å². The zero-order chi connectivity index (χ0) is 17.8. The number of nitrogens with one attached hydrogen (secondary N) is 2. The first kappa shape index (κ1) is 17.5. The number of ether oxygens (including phenoxy) is 1. The number of amidine groups is 1. The predicted molar refractivity (Wildman–Crippen MR) is 97.8 cm³/mol. The van der Waals surface area contributed by atoms with Crippen LogP contribution >= 0.6 is 0 Å². The predicted octanol–water partition coefficient (Wildman–Crippen LogP) is 1.22. The maximum Gasteiger partial charge on any atom is 0.317 e. The number of urea groups is 1. The number of hydrogen-bond acceptors (Lipinski definition) is 4. The summed E-state index contributed by atoms with van der Waals surface area (Å²) >= 11 is -1.55. The molecule has 2 heterocycles. The van der Waals surface area contributed by atoms with E-state index in [-0.39, 0.29) is 17.8 Å². The standard InChI is InChI=1S/C16H23N5O3S/c1-2-7-18-16(22)21-8-6-11(9-21)10-24-13-5-3-4-12-14(13)15(17)20-25(23)19-12/h3-5,11,19H,2,6-10H2,1H3,(H2,17,20)(H,18,22). The summed E-state index contributed by atoms with van der Waals surface area (Å²) < 4.78 is 24.1. The Hall–Kier alpha value is -2.29. The third-order valence-electron chi connectivity index (χ3n) is 4.23. The molecular formula is C16H23N5O3S. The van der Waals surface area contributed by atoms with Gasteiger partial charge in [-0.25, -0.2) is 9.00 Å². The average molecular weight is 365 g/mol. The van der Waals surface area contributed by atoms with Crippen molar-refractivity contribution in [3.8, 4) is 5.75 Å². The van der Waals surface area contributed by atoms with E-state index in [0.29, 0.717) is 36.7 Å². The van der Waals surface area contributed by atoms with Crippen LogP contribution in [0.15, 0.2) is 22.6 Å². The lowest BCUT2D eigenvalue weighted by atomic mass is 10.1. The van der Waals surface area contributed by atoms with Crippen LogP contribution in [0.4, 0.5) is 10.5 Å². The number of likely N-dealkylation sites (tertiary alicyclic amines) is 1. The van der Waals surface area contributed by atoms with Gasteiger partial charge in [0.25, 0.3) is 0 Å². The van der Waals surface area contributed by atoms with Crippen LogP contribution in [-0.4, -0.2) is 47.2 Å². The van der Waals surface area contributed by atoms with Crippen LogP contribution in [-0.2, 0) is 11.2 Å². The molecule has 2 aliphatic rings. The van der Waals surface area contributed by atoms with Crippen molar-refractivity contribution in [2.75, 3.05) is 31.0 Å². The van der Waals surface area contributed by atoms with E-state index in [1.807, 2.05) is 24.0 Å². The molecule has 8 nitrogen and oxygen atoms in total. The normalized spacial score (nSPS) is 22.0. The van der Waals surface area contributed by atoms with Gasteiger partial charge in [0, 0.05) is 25.6 Å². The van der Waals surface area contributed by atoms with Crippen molar-refractivity contribution in [3.05, 3.63) is 23.8 Å². The highest BCUT2D eigenvalue weighted by atomic mass is 32.2. The molecule has 0 aromatic heterocycles. The fourth-order valence-electron chi connectivity index (χ4n) is 2.96. The third kappa shape index (κ3) is 4.04. The molecule has 2 aliphatic heterocycles. The molecular weight excluding hydrogens is 342 g/mol. The summed E-state index contributed by atoms with van der Waals surface area (Å²) in [5.74, 6) is 1.08. The summed E-state index contributed by atoms with van der Waals surface area (Å²) in [5.41, 5.74) is 7.19. The van der Waals surface area contributed by atoms with Gasteiger partial charge in [0.2, 0.25) is 11.2 Å². The van der Waals surface area contributed by atoms with E-state index in [9.17, 15) is 9.00 Å². The fourth-order valence-corrected chi connectivity index (χ4v) is 3.63. The van der Waals surface area contributed by atoms with E-state index in [0.717, 1.165) is 19.4 Å². The van der Waals surface area contributed by atoms with Gasteiger partial charge >= 0.3 is 6.03 Å². The molecule has 0 saturated carbocycles. The Morgan fingerprint density at radius 2 is 2.40 bits per heavy atom. The molecule has 25 heavy (non-hydrogen) atoms. The molecule has 3 rings (SSSR count). The highest BCUT2D eigenvalue weighted by Gasteiger charge is 2.27. The maximum absolute atomic E-state index is 12.0. The van der Waals surface area contributed by atoms with Gasteiger partial charge in [0.05, 0.1) is 17.9 Å². The minimum Gasteiger partial charge on any atom is -0.492 e. The third-order valence-corrected chi connectivity index (χ3v) is 4.99. The summed E-state index contributed by atoms with van der Waals surface area (Å²) in [5, 5.41) is 2.90. The first-order chi connectivity index (χ1) is 12.1. The first-order valence-corrected chi connectivity index (χ1v) is 9.50. The van der Waals surface area contributed by atoms with E-state index >= 15 is 0 Å². The first-order valence-electron chi connectivity index (χ1n) is 8.40. The number of benzene rings is 1. The van der Waals surface area contributed by atoms with Crippen molar-refractivity contribution in [3.63, 3.8) is 0 Å². The van der Waals surface area contributed by atoms with Gasteiger partial charge in [-0.2, -0.15) is 4.40 Å². The molecule has 136 valence electrons. The number of amides is 2. The van der Waals surface area contributed by atoms with E-state index < -0.39 is 11.2 Å². The molecule has 0 aliphatic carbocycles. The Bertz CT molecular complexity index is 709. The van der Waals surface area contributed by atoms with Crippen molar-refractivity contribution < 1.29 is 13.7 Å². The van der Waals surface area contributed by atoms with Crippen LogP contribution in [0, 0.1) is 5.92 Å². The highest BCUT2D eigenvalue weighted by molar-refractivity contribution is 7.85. The molecule has 2 unspecified atom stereocenters. The smallest absolute Gasteiger partial charge is 0.317 e. The summed E-state index contributed by atoms with van der Waals surface area (Å²) in [4.78, 5) is 13.8. The van der Waals surface area contributed by atoms with Crippen molar-refractivity contribution in [1.29, 1.82) is 0 Å². The Morgan fingerprint density at radius 3 is 3.20 bits per heavy atom. The van der Waals surface area contributed by atoms with Crippen molar-refractivity contribution >= 4 is 28.7 Å². The molecule has 4 N–H and O–H groups in total. The number of fused-ring (bicyclic) bond motifs is 1. The molecule has 2 amide bonds. The maximum atomic E-state index is 12.0. The Kier molecular flexibility index (Phi) is 5.42. The fraction of sp³-hybridized carbons (Fsp3) is 0.500. The largest absolute Gasteiger partial charge is 0.492 e. The lowest BCUT2D eigenvalue weighted by Crippen LogP contribution is -2.39. The minimum absolute atomic E-state index is 0.00972. The molecule has 9 heteroatoms. The number of carbonyl (C=O) groups excluding carboxylic acids is 1. The lowest BCUT2D eigenvalue weighted by Gasteiger charge is -2.20. The van der Waals surface area contributed by atoms with Crippen molar-refractivity contribution in [1.82, 2.24) is 10.2 Å². The molecule has 0 bridgehead atoms. The summed E-state index contributed by atoms with van der Waals surface area (Å²) in [7, 11) is 0. The van der Waals surface area contributed by atoms with Gasteiger partial charge < -0.3 is 20.7 Å². The number of hydrogen-bond donors (Lipinski definition) is 3. The zero-order valence-corrected chi connectivity index (χ0v) is 15.0. The number of anilines is 1. The highest BCUT2D eigenvalue weighted by Crippen LogP contribution is 2.30. The zero-order valence-electron chi connectivity index (χ0n) is 14.2. The monoisotopic (exact) mass is 365 g/mol. The van der Waals surface area contributed by atoms with Gasteiger partial charge in [-0.05, 0) is 25.0 Å². The summed E-state index contributed by atoms with van der Waals surface area (Å²) in [6.07, 6.45) is 1.83. The molecule has 1 aromatic rings. The second-order valence-electron chi connectivity index (χ2n) is 6.15. The summed E-state index contributed by atoms with van der Waals surface area (Å²) in [6.45, 7) is 4.63. The minimum atomic E-state index is -1.55. The quantitative estimate of drug-likeness (QED) is 0.729. The molecule has 1 saturated heterocycles. The van der Waals surface area contributed by atoms with Gasteiger partial charge in [0.15, 0.2) is 0 Å². The van der Waals surface area contributed by atoms with Crippen LogP contribution < -0.4 is 20.5 Å². The SMILES string of the molecule is CCCNC(=O)N1CCC(COc2cccc3c2C(N)=NS(=O)N3)C1. The molecule has 1 fully saturated rings. The Labute approximate surface area is 149 Å². The van der Waals surface area contributed by atoms with Gasteiger partial charge in [-0.1, -0.05) is 13.0 Å². The number of nitrogens with two attached hydrogens (primary N) is 1. The van der Waals surface area contributed by atoms with Crippen molar-refractivity contribution in [2.45, 2.75) is 19.8 Å². The average Bonchev–Trinajstić information content (AvgIpc) is 3.06. The second kappa shape index (κ2) is 7.73. The molecule has 1 aromatic carbocycles. The second-order valence-corrected chi connectivity index (χ2v) is 7.04. The van der Waals surface area contributed by atoms with Crippen molar-refractivity contribution in [2.24, 2.45) is 16.0 Å². The Morgan fingerprint density at radius 1 is 1.56 bits per heavy atom. The van der Waals surface area contributed by atoms with E-state index in [1.165, 1.54) is 0 Å². The van der Waals surface area contributed by atoms with Crippen LogP contribution in [0.2, 0.25) is 0 Å². The van der Waals surface area contributed by atoms with Gasteiger partial charge in [-0.3, -0.25) is 4.72 Å². The molecule has 0 spiro atoms. The molecule has 0 radical (unpaired) electrons.